The lowest BCUT2D eigenvalue weighted by atomic mass is 10.1. The first-order chi connectivity index (χ1) is 8.54. The molecule has 2 nitrogen and oxygen atoms in total. The van der Waals surface area contributed by atoms with Crippen LogP contribution in [0.1, 0.15) is 38.4 Å². The van der Waals surface area contributed by atoms with E-state index < -0.39 is 0 Å². The maximum absolute atomic E-state index is 5.98. The molecular formula is C14H18Cl2O2. The molecule has 18 heavy (non-hydrogen) atoms. The average Bonchev–Trinajstić information content (AvgIpc) is 2.70. The molecule has 1 aliphatic heterocycles. The number of halogens is 2. The predicted molar refractivity (Wildman–Crippen MR) is 74.4 cm³/mol. The van der Waals surface area contributed by atoms with Gasteiger partial charge in [-0.2, -0.15) is 0 Å². The monoisotopic (exact) mass is 288 g/mol. The van der Waals surface area contributed by atoms with Crippen LogP contribution < -0.4 is 0 Å². The van der Waals surface area contributed by atoms with Crippen molar-refractivity contribution >= 4 is 23.2 Å². The number of hydrogen-bond donors (Lipinski definition) is 0. The van der Waals surface area contributed by atoms with E-state index in [1.54, 1.807) is 6.07 Å². The molecule has 1 aromatic carbocycles. The molecule has 0 N–H and O–H groups in total. The van der Waals surface area contributed by atoms with Crippen LogP contribution in [-0.2, 0) is 9.47 Å². The molecule has 1 heterocycles. The predicted octanol–water partition coefficient (Wildman–Crippen LogP) is 4.64. The van der Waals surface area contributed by atoms with E-state index in [0.29, 0.717) is 22.8 Å². The van der Waals surface area contributed by atoms with Gasteiger partial charge in [-0.25, -0.2) is 0 Å². The van der Waals surface area contributed by atoms with Crippen molar-refractivity contribution in [2.24, 2.45) is 0 Å². The average molecular weight is 289 g/mol. The van der Waals surface area contributed by atoms with E-state index in [1.165, 1.54) is 0 Å². The molecule has 2 rings (SSSR count). The Kier molecular flexibility index (Phi) is 4.91. The molecule has 0 amide bonds. The molecule has 0 spiro atoms. The van der Waals surface area contributed by atoms with Crippen LogP contribution in [-0.4, -0.2) is 18.8 Å². The Bertz CT molecular complexity index is 389. The van der Waals surface area contributed by atoms with E-state index in [-0.39, 0.29) is 12.2 Å². The van der Waals surface area contributed by atoms with Gasteiger partial charge in [0.25, 0.3) is 0 Å². The van der Waals surface area contributed by atoms with Crippen LogP contribution in [0.15, 0.2) is 18.2 Å². The molecule has 1 unspecified atom stereocenters. The van der Waals surface area contributed by atoms with E-state index >= 15 is 0 Å². The summed E-state index contributed by atoms with van der Waals surface area (Å²) in [6.07, 6.45) is 2.74. The quantitative estimate of drug-likeness (QED) is 0.804. The van der Waals surface area contributed by atoms with Gasteiger partial charge in [-0.3, -0.25) is 0 Å². The third kappa shape index (κ3) is 3.86. The summed E-state index contributed by atoms with van der Waals surface area (Å²) in [4.78, 5) is 0. The molecule has 0 bridgehead atoms. The van der Waals surface area contributed by atoms with Crippen LogP contribution in [0.4, 0.5) is 0 Å². The van der Waals surface area contributed by atoms with Crippen molar-refractivity contribution < 1.29 is 9.47 Å². The fourth-order valence-corrected chi connectivity index (χ4v) is 2.71. The number of hydrogen-bond acceptors (Lipinski definition) is 2. The number of benzene rings is 1. The maximum atomic E-state index is 5.98. The lowest BCUT2D eigenvalue weighted by molar-refractivity contribution is -0.0335. The van der Waals surface area contributed by atoms with Gasteiger partial charge in [0.1, 0.15) is 0 Å². The number of rotatable bonds is 4. The van der Waals surface area contributed by atoms with E-state index in [0.717, 1.165) is 18.4 Å². The zero-order valence-electron chi connectivity index (χ0n) is 10.7. The van der Waals surface area contributed by atoms with Crippen molar-refractivity contribution in [2.45, 2.75) is 45.0 Å². The summed E-state index contributed by atoms with van der Waals surface area (Å²) in [5, 5.41) is 1.28. The molecule has 1 fully saturated rings. The third-order valence-corrected chi connectivity index (χ3v) is 3.64. The fourth-order valence-electron chi connectivity index (χ4n) is 2.17. The molecule has 4 heteroatoms. The summed E-state index contributed by atoms with van der Waals surface area (Å²) >= 11 is 12.0. The molecule has 1 saturated heterocycles. The first-order valence-corrected chi connectivity index (χ1v) is 7.03. The minimum Gasteiger partial charge on any atom is -0.373 e. The normalized spacial score (nSPS) is 25.3. The topological polar surface area (TPSA) is 18.5 Å². The Hall–Kier alpha value is -0.280. The first-order valence-electron chi connectivity index (χ1n) is 6.27. The second-order valence-electron chi connectivity index (χ2n) is 4.82. The molecule has 0 aromatic heterocycles. The van der Waals surface area contributed by atoms with Crippen LogP contribution >= 0.6 is 23.2 Å². The largest absolute Gasteiger partial charge is 0.373 e. The first kappa shape index (κ1) is 14.1. The van der Waals surface area contributed by atoms with Crippen LogP contribution in [0.25, 0.3) is 0 Å². The Balaban J connectivity index is 1.89. The molecule has 0 saturated carbocycles. The summed E-state index contributed by atoms with van der Waals surface area (Å²) in [6, 6.07) is 5.49. The molecule has 1 aliphatic rings. The second kappa shape index (κ2) is 6.25. The zero-order chi connectivity index (χ0) is 13.1. The van der Waals surface area contributed by atoms with Crippen molar-refractivity contribution in [1.29, 1.82) is 0 Å². The highest BCUT2D eigenvalue weighted by molar-refractivity contribution is 6.34. The summed E-state index contributed by atoms with van der Waals surface area (Å²) in [6.45, 7) is 4.72. The molecule has 3 atom stereocenters. The van der Waals surface area contributed by atoms with Gasteiger partial charge in [0.15, 0.2) is 0 Å². The van der Waals surface area contributed by atoms with Gasteiger partial charge in [0, 0.05) is 10.0 Å². The Morgan fingerprint density at radius 1 is 1.28 bits per heavy atom. The van der Waals surface area contributed by atoms with Gasteiger partial charge in [0.2, 0.25) is 0 Å². The summed E-state index contributed by atoms with van der Waals surface area (Å²) in [5.41, 5.74) is 0.999. The van der Waals surface area contributed by atoms with E-state index in [4.69, 9.17) is 32.7 Å². The molecule has 0 aliphatic carbocycles. The van der Waals surface area contributed by atoms with Crippen molar-refractivity contribution in [1.82, 2.24) is 0 Å². The fraction of sp³-hybridized carbons (Fsp3) is 0.571. The van der Waals surface area contributed by atoms with Crippen LogP contribution in [0.2, 0.25) is 10.0 Å². The Morgan fingerprint density at radius 3 is 2.50 bits per heavy atom. The second-order valence-corrected chi connectivity index (χ2v) is 5.70. The SMILES string of the molecule is C[C@H]1CCC(CO[C@H](C)c2cc(Cl)cc(Cl)c2)O1. The van der Waals surface area contributed by atoms with Crippen molar-refractivity contribution in [3.8, 4) is 0 Å². The van der Waals surface area contributed by atoms with Crippen LogP contribution in [0, 0.1) is 0 Å². The van der Waals surface area contributed by atoms with Gasteiger partial charge in [-0.1, -0.05) is 23.2 Å². The van der Waals surface area contributed by atoms with E-state index in [1.807, 2.05) is 19.1 Å². The maximum Gasteiger partial charge on any atom is 0.0813 e. The van der Waals surface area contributed by atoms with Gasteiger partial charge >= 0.3 is 0 Å². The minimum atomic E-state index is -0.0271. The Morgan fingerprint density at radius 2 is 1.94 bits per heavy atom. The highest BCUT2D eigenvalue weighted by Crippen LogP contribution is 2.27. The van der Waals surface area contributed by atoms with Crippen LogP contribution in [0.5, 0.6) is 0 Å². The van der Waals surface area contributed by atoms with Crippen molar-refractivity contribution in [2.75, 3.05) is 6.61 Å². The molecule has 0 radical (unpaired) electrons. The highest BCUT2D eigenvalue weighted by Gasteiger charge is 2.22. The van der Waals surface area contributed by atoms with Crippen molar-refractivity contribution in [3.63, 3.8) is 0 Å². The summed E-state index contributed by atoms with van der Waals surface area (Å²) < 4.78 is 11.5. The lowest BCUT2D eigenvalue weighted by Gasteiger charge is -2.17. The highest BCUT2D eigenvalue weighted by atomic mass is 35.5. The molecular weight excluding hydrogens is 271 g/mol. The van der Waals surface area contributed by atoms with Crippen LogP contribution in [0.3, 0.4) is 0 Å². The molecule has 100 valence electrons. The van der Waals surface area contributed by atoms with E-state index in [9.17, 15) is 0 Å². The Labute approximate surface area is 118 Å². The lowest BCUT2D eigenvalue weighted by Crippen LogP contribution is -2.17. The smallest absolute Gasteiger partial charge is 0.0813 e. The van der Waals surface area contributed by atoms with Gasteiger partial charge in [0.05, 0.1) is 24.9 Å². The van der Waals surface area contributed by atoms with E-state index in [2.05, 4.69) is 6.92 Å². The minimum absolute atomic E-state index is 0.0271. The van der Waals surface area contributed by atoms with Gasteiger partial charge in [-0.05, 0) is 50.5 Å². The van der Waals surface area contributed by atoms with Crippen molar-refractivity contribution in [3.05, 3.63) is 33.8 Å². The number of ether oxygens (including phenoxy) is 2. The third-order valence-electron chi connectivity index (χ3n) is 3.21. The zero-order valence-corrected chi connectivity index (χ0v) is 12.2. The molecule has 1 aromatic rings. The van der Waals surface area contributed by atoms with Gasteiger partial charge in [-0.15, -0.1) is 0 Å². The summed E-state index contributed by atoms with van der Waals surface area (Å²) in [5.74, 6) is 0. The summed E-state index contributed by atoms with van der Waals surface area (Å²) in [7, 11) is 0. The van der Waals surface area contributed by atoms with Gasteiger partial charge < -0.3 is 9.47 Å². The standard InChI is InChI=1S/C14H18Cl2O2/c1-9-3-4-14(18-9)8-17-10(2)11-5-12(15)7-13(16)6-11/h5-7,9-10,14H,3-4,8H2,1-2H3/t9-,10+,14?/m0/s1.